The van der Waals surface area contributed by atoms with Crippen molar-refractivity contribution >= 4 is 45.6 Å². The van der Waals surface area contributed by atoms with Crippen molar-refractivity contribution in [1.29, 1.82) is 0 Å². The standard InChI is InChI=1S/C34H35ClN8O2/c1-20-24(5-3-7-26(20)41-34(45)33-40-28-17-36-12-10-29(28)42(33)2)25-6-4-8-27(30(25)35)39-32-31-22(9-13-37-32)15-21(16-38-31)18-43-14-11-23(44)19-43/h3-9,13,15-16,23,36,44H,10-12,14,17-19H2,1-2H3,(H,37,39)(H,41,45). The summed E-state index contributed by atoms with van der Waals surface area (Å²) >= 11 is 7.04. The minimum absolute atomic E-state index is 0.246. The SMILES string of the molecule is Cc1c(NC(=O)c2nc3c(n2C)CCNC3)cccc1-c1cccc(Nc2nccc3cc(CN4CCC(O)C4)cnc23)c1Cl. The molecule has 10 nitrogen and oxygen atoms in total. The molecule has 1 unspecified atom stereocenters. The number of likely N-dealkylation sites (tertiary alicyclic amines) is 1. The summed E-state index contributed by atoms with van der Waals surface area (Å²) in [7, 11) is 1.90. The van der Waals surface area contributed by atoms with Crippen LogP contribution in [0.1, 0.15) is 39.6 Å². The quantitative estimate of drug-likeness (QED) is 0.196. The Balaban J connectivity index is 1.13. The number of hydrogen-bond donors (Lipinski definition) is 4. The van der Waals surface area contributed by atoms with Crippen LogP contribution in [0.5, 0.6) is 0 Å². The third kappa shape index (κ3) is 5.78. The van der Waals surface area contributed by atoms with Crippen molar-refractivity contribution in [1.82, 2.24) is 29.7 Å². The first-order valence-corrected chi connectivity index (χ1v) is 15.6. The van der Waals surface area contributed by atoms with E-state index in [0.29, 0.717) is 41.1 Å². The Morgan fingerprint density at radius 3 is 2.76 bits per heavy atom. The van der Waals surface area contributed by atoms with Gasteiger partial charge in [0, 0.05) is 80.9 Å². The number of amides is 1. The van der Waals surface area contributed by atoms with Crippen LogP contribution in [0.4, 0.5) is 17.2 Å². The second kappa shape index (κ2) is 12.2. The molecule has 0 aliphatic carbocycles. The van der Waals surface area contributed by atoms with Crippen LogP contribution in [-0.2, 0) is 26.6 Å². The summed E-state index contributed by atoms with van der Waals surface area (Å²) in [5.74, 6) is 0.765. The number of benzene rings is 2. The lowest BCUT2D eigenvalue weighted by molar-refractivity contribution is 0.101. The minimum atomic E-state index is -0.251. The first kappa shape index (κ1) is 29.4. The maximum absolute atomic E-state index is 13.3. The van der Waals surface area contributed by atoms with Gasteiger partial charge in [0.25, 0.3) is 5.91 Å². The fourth-order valence-electron chi connectivity index (χ4n) is 6.36. The highest BCUT2D eigenvalue weighted by Gasteiger charge is 2.23. The average molecular weight is 623 g/mol. The molecule has 0 spiro atoms. The zero-order valence-corrected chi connectivity index (χ0v) is 26.0. The van der Waals surface area contributed by atoms with Crippen LogP contribution in [0.15, 0.2) is 60.9 Å². The highest BCUT2D eigenvalue weighted by molar-refractivity contribution is 6.36. The van der Waals surface area contributed by atoms with Crippen LogP contribution in [0, 0.1) is 6.92 Å². The molecule has 2 aromatic carbocycles. The summed E-state index contributed by atoms with van der Waals surface area (Å²) in [4.78, 5) is 29.5. The summed E-state index contributed by atoms with van der Waals surface area (Å²) in [6.45, 7) is 5.85. The molecular weight excluding hydrogens is 588 g/mol. The van der Waals surface area contributed by atoms with Gasteiger partial charge in [0.05, 0.1) is 22.5 Å². The van der Waals surface area contributed by atoms with Gasteiger partial charge in [-0.15, -0.1) is 0 Å². The van der Waals surface area contributed by atoms with Gasteiger partial charge in [-0.2, -0.15) is 0 Å². The smallest absolute Gasteiger partial charge is 0.291 e. The lowest BCUT2D eigenvalue weighted by atomic mass is 9.98. The van der Waals surface area contributed by atoms with E-state index >= 15 is 0 Å². The van der Waals surface area contributed by atoms with Crippen molar-refractivity contribution in [3.8, 4) is 11.1 Å². The number of aliphatic hydroxyl groups excluding tert-OH is 1. The summed E-state index contributed by atoms with van der Waals surface area (Å²) in [5.41, 5.74) is 7.90. The molecule has 0 saturated carbocycles. The number of nitrogens with one attached hydrogen (secondary N) is 3. The highest BCUT2D eigenvalue weighted by Crippen LogP contribution is 2.39. The Labute approximate surface area is 266 Å². The second-order valence-electron chi connectivity index (χ2n) is 11.8. The van der Waals surface area contributed by atoms with E-state index < -0.39 is 0 Å². The molecule has 7 rings (SSSR count). The molecule has 45 heavy (non-hydrogen) atoms. The fourth-order valence-corrected chi connectivity index (χ4v) is 6.64. The fraction of sp³-hybridized carbons (Fsp3) is 0.294. The largest absolute Gasteiger partial charge is 0.392 e. The maximum Gasteiger partial charge on any atom is 0.291 e. The van der Waals surface area contributed by atoms with Crippen molar-refractivity contribution in [2.24, 2.45) is 7.05 Å². The number of imidazole rings is 1. The predicted octanol–water partition coefficient (Wildman–Crippen LogP) is 5.20. The molecule has 2 aliphatic rings. The van der Waals surface area contributed by atoms with E-state index in [0.717, 1.165) is 77.0 Å². The molecule has 5 heterocycles. The zero-order chi connectivity index (χ0) is 31.1. The number of rotatable bonds is 7. The number of β-amino-alcohol motifs (C(OH)–C–C–N with tert-alkyl or cyclic N) is 1. The number of halogens is 1. The molecule has 11 heteroatoms. The number of nitrogens with zero attached hydrogens (tertiary/aromatic N) is 5. The lowest BCUT2D eigenvalue weighted by Crippen LogP contribution is -2.24. The number of aliphatic hydroxyl groups is 1. The molecule has 0 bridgehead atoms. The molecular formula is C34H35ClN8O2. The normalized spacial score (nSPS) is 16.6. The van der Waals surface area contributed by atoms with E-state index in [-0.39, 0.29) is 12.0 Å². The third-order valence-corrected chi connectivity index (χ3v) is 9.17. The van der Waals surface area contributed by atoms with E-state index in [1.165, 1.54) is 0 Å². The first-order valence-electron chi connectivity index (χ1n) is 15.2. The molecule has 1 saturated heterocycles. The van der Waals surface area contributed by atoms with Crippen LogP contribution >= 0.6 is 11.6 Å². The molecule has 1 amide bonds. The molecule has 1 atom stereocenters. The summed E-state index contributed by atoms with van der Waals surface area (Å²) < 4.78 is 1.90. The number of fused-ring (bicyclic) bond motifs is 2. The first-order chi connectivity index (χ1) is 21.9. The summed E-state index contributed by atoms with van der Waals surface area (Å²) in [5, 5.41) is 21.2. The Kier molecular flexibility index (Phi) is 7.97. The monoisotopic (exact) mass is 622 g/mol. The van der Waals surface area contributed by atoms with Crippen molar-refractivity contribution in [3.63, 3.8) is 0 Å². The number of carbonyl (C=O) groups excluding carboxylic acids is 1. The number of anilines is 3. The van der Waals surface area contributed by atoms with Crippen LogP contribution in [0.2, 0.25) is 5.02 Å². The van der Waals surface area contributed by atoms with Gasteiger partial charge in [-0.05, 0) is 54.3 Å². The number of carbonyl (C=O) groups is 1. The second-order valence-corrected chi connectivity index (χ2v) is 12.2. The number of hydrogen-bond acceptors (Lipinski definition) is 8. The topological polar surface area (TPSA) is 120 Å². The van der Waals surface area contributed by atoms with Crippen LogP contribution in [-0.4, -0.2) is 61.2 Å². The molecule has 5 aromatic rings. The van der Waals surface area contributed by atoms with Crippen molar-refractivity contribution in [2.75, 3.05) is 30.3 Å². The number of aromatic nitrogens is 4. The van der Waals surface area contributed by atoms with E-state index in [2.05, 4.69) is 36.9 Å². The number of pyridine rings is 2. The Morgan fingerprint density at radius 1 is 1.13 bits per heavy atom. The van der Waals surface area contributed by atoms with Gasteiger partial charge in [0.2, 0.25) is 0 Å². The summed E-state index contributed by atoms with van der Waals surface area (Å²) in [6, 6.07) is 15.7. The Hall–Kier alpha value is -4.35. The van der Waals surface area contributed by atoms with Crippen molar-refractivity contribution in [2.45, 2.75) is 39.0 Å². The Bertz CT molecular complexity index is 1920. The van der Waals surface area contributed by atoms with Gasteiger partial charge < -0.3 is 25.6 Å². The van der Waals surface area contributed by atoms with Crippen LogP contribution in [0.25, 0.3) is 22.0 Å². The van der Waals surface area contributed by atoms with E-state index in [1.807, 2.05) is 67.2 Å². The molecule has 2 aliphatic heterocycles. The lowest BCUT2D eigenvalue weighted by Gasteiger charge is -2.17. The summed E-state index contributed by atoms with van der Waals surface area (Å²) in [6.07, 6.45) is 5.04. The third-order valence-electron chi connectivity index (χ3n) is 8.76. The molecule has 3 aromatic heterocycles. The predicted molar refractivity (Wildman–Crippen MR) is 177 cm³/mol. The van der Waals surface area contributed by atoms with Crippen LogP contribution < -0.4 is 16.0 Å². The van der Waals surface area contributed by atoms with Gasteiger partial charge in [-0.3, -0.25) is 14.7 Å². The average Bonchev–Trinajstić information content (AvgIpc) is 3.61. The maximum atomic E-state index is 13.3. The Morgan fingerprint density at radius 2 is 1.96 bits per heavy atom. The van der Waals surface area contributed by atoms with E-state index in [4.69, 9.17) is 16.6 Å². The molecule has 1 fully saturated rings. The van der Waals surface area contributed by atoms with Gasteiger partial charge in [0.15, 0.2) is 11.6 Å². The van der Waals surface area contributed by atoms with Crippen molar-refractivity contribution < 1.29 is 9.90 Å². The molecule has 0 radical (unpaired) electrons. The van der Waals surface area contributed by atoms with Gasteiger partial charge in [0.1, 0.15) is 5.52 Å². The van der Waals surface area contributed by atoms with Gasteiger partial charge in [-0.1, -0.05) is 35.9 Å². The van der Waals surface area contributed by atoms with Gasteiger partial charge in [-0.25, -0.2) is 9.97 Å². The molecule has 230 valence electrons. The van der Waals surface area contributed by atoms with E-state index in [9.17, 15) is 9.90 Å². The zero-order valence-electron chi connectivity index (χ0n) is 25.3. The highest BCUT2D eigenvalue weighted by atomic mass is 35.5. The minimum Gasteiger partial charge on any atom is -0.392 e. The van der Waals surface area contributed by atoms with Gasteiger partial charge >= 0.3 is 0 Å². The van der Waals surface area contributed by atoms with E-state index in [1.54, 1.807) is 6.20 Å². The molecule has 4 N–H and O–H groups in total. The van der Waals surface area contributed by atoms with Crippen molar-refractivity contribution in [3.05, 3.63) is 94.3 Å². The van der Waals surface area contributed by atoms with Crippen LogP contribution in [0.3, 0.4) is 0 Å².